The number of hydrogen-bond donors (Lipinski definition) is 1. The van der Waals surface area contributed by atoms with E-state index < -0.39 is 0 Å². The predicted molar refractivity (Wildman–Crippen MR) is 97.4 cm³/mol. The number of rotatable bonds is 6. The van der Waals surface area contributed by atoms with Gasteiger partial charge in [0.15, 0.2) is 6.61 Å². The summed E-state index contributed by atoms with van der Waals surface area (Å²) in [6.45, 7) is 0.427. The molecule has 0 radical (unpaired) electrons. The molecule has 124 valence electrons. The summed E-state index contributed by atoms with van der Waals surface area (Å²) in [5, 5.41) is 3.26. The first kappa shape index (κ1) is 18.2. The molecule has 0 spiro atoms. The summed E-state index contributed by atoms with van der Waals surface area (Å²) in [6.07, 6.45) is 0. The Hall–Kier alpha value is -2.16. The lowest BCUT2D eigenvalue weighted by molar-refractivity contribution is -0.122. The van der Waals surface area contributed by atoms with Crippen molar-refractivity contribution in [2.24, 2.45) is 0 Å². The number of amides is 1. The smallest absolute Gasteiger partial charge is 0.258 e. The lowest BCUT2D eigenvalue weighted by Crippen LogP contribution is -2.29. The van der Waals surface area contributed by atoms with Crippen LogP contribution in [0.2, 0.25) is 5.02 Å². The number of ether oxygens (including phenoxy) is 2. The second kappa shape index (κ2) is 9.86. The molecule has 1 amide bonds. The van der Waals surface area contributed by atoms with Gasteiger partial charge in [-0.2, -0.15) is 0 Å². The zero-order valence-corrected chi connectivity index (χ0v) is 15.1. The van der Waals surface area contributed by atoms with Crippen molar-refractivity contribution in [1.29, 1.82) is 0 Å². The van der Waals surface area contributed by atoms with Gasteiger partial charge in [-0.05, 0) is 42.5 Å². The fourth-order valence-corrected chi connectivity index (χ4v) is 2.17. The van der Waals surface area contributed by atoms with Crippen LogP contribution in [0, 0.1) is 11.8 Å². The minimum Gasteiger partial charge on any atom is -0.484 e. The van der Waals surface area contributed by atoms with Crippen molar-refractivity contribution in [3.8, 4) is 23.3 Å². The fraction of sp³-hybridized carbons (Fsp3) is 0.167. The van der Waals surface area contributed by atoms with E-state index >= 15 is 0 Å². The van der Waals surface area contributed by atoms with Crippen LogP contribution in [-0.4, -0.2) is 25.7 Å². The Bertz CT molecular complexity index is 738. The van der Waals surface area contributed by atoms with Gasteiger partial charge in [0.2, 0.25) is 0 Å². The average molecular weight is 409 g/mol. The van der Waals surface area contributed by atoms with Crippen molar-refractivity contribution in [2.45, 2.75) is 0 Å². The van der Waals surface area contributed by atoms with Gasteiger partial charge < -0.3 is 14.8 Å². The van der Waals surface area contributed by atoms with Crippen molar-refractivity contribution in [1.82, 2.24) is 5.32 Å². The van der Waals surface area contributed by atoms with Crippen molar-refractivity contribution >= 4 is 33.4 Å². The van der Waals surface area contributed by atoms with Gasteiger partial charge in [-0.3, -0.25) is 4.79 Å². The third kappa shape index (κ3) is 6.95. The lowest BCUT2D eigenvalue weighted by Gasteiger charge is -2.05. The summed E-state index contributed by atoms with van der Waals surface area (Å²) >= 11 is 9.13. The van der Waals surface area contributed by atoms with Gasteiger partial charge in [0.05, 0.1) is 6.54 Å². The summed E-state index contributed by atoms with van der Waals surface area (Å²) in [5.41, 5.74) is 0. The third-order valence-corrected chi connectivity index (χ3v) is 3.53. The standard InChI is InChI=1S/C18H15BrClNO3/c19-14-4-3-5-17(12-14)23-11-2-1-10-21-18(22)13-24-16-8-6-15(20)7-9-16/h3-9,12H,10-11,13H2,(H,21,22). The fourth-order valence-electron chi connectivity index (χ4n) is 1.66. The Morgan fingerprint density at radius 1 is 1.08 bits per heavy atom. The van der Waals surface area contributed by atoms with E-state index in [0.717, 1.165) is 10.2 Å². The van der Waals surface area contributed by atoms with Gasteiger partial charge in [-0.1, -0.05) is 45.4 Å². The zero-order chi connectivity index (χ0) is 17.2. The van der Waals surface area contributed by atoms with E-state index in [1.54, 1.807) is 24.3 Å². The van der Waals surface area contributed by atoms with Crippen molar-refractivity contribution < 1.29 is 14.3 Å². The van der Waals surface area contributed by atoms with E-state index in [4.69, 9.17) is 21.1 Å². The quantitative estimate of drug-likeness (QED) is 0.742. The maximum Gasteiger partial charge on any atom is 0.258 e. The summed E-state index contributed by atoms with van der Waals surface area (Å²) in [5.74, 6) is 6.72. The van der Waals surface area contributed by atoms with Crippen LogP contribution in [0.15, 0.2) is 53.0 Å². The van der Waals surface area contributed by atoms with Gasteiger partial charge in [0.1, 0.15) is 18.1 Å². The van der Waals surface area contributed by atoms with E-state index in [-0.39, 0.29) is 25.7 Å². The number of nitrogens with one attached hydrogen (secondary N) is 1. The van der Waals surface area contributed by atoms with Gasteiger partial charge in [-0.25, -0.2) is 0 Å². The van der Waals surface area contributed by atoms with Crippen LogP contribution in [0.25, 0.3) is 0 Å². The molecule has 0 saturated carbocycles. The molecule has 0 aromatic heterocycles. The molecule has 0 bridgehead atoms. The zero-order valence-electron chi connectivity index (χ0n) is 12.7. The first-order valence-corrected chi connectivity index (χ1v) is 8.30. The Balaban J connectivity index is 1.61. The second-order valence-corrected chi connectivity index (χ2v) is 5.97. The SMILES string of the molecule is O=C(COc1ccc(Cl)cc1)NCC#CCOc1cccc(Br)c1. The summed E-state index contributed by atoms with van der Waals surface area (Å²) in [7, 11) is 0. The van der Waals surface area contributed by atoms with Crippen molar-refractivity contribution in [3.05, 3.63) is 58.0 Å². The average Bonchev–Trinajstić information content (AvgIpc) is 2.57. The molecule has 0 fully saturated rings. The molecule has 1 N–H and O–H groups in total. The van der Waals surface area contributed by atoms with Crippen LogP contribution in [0.3, 0.4) is 0 Å². The van der Waals surface area contributed by atoms with E-state index in [0.29, 0.717) is 10.8 Å². The van der Waals surface area contributed by atoms with E-state index in [9.17, 15) is 4.79 Å². The van der Waals surface area contributed by atoms with Crippen LogP contribution in [-0.2, 0) is 4.79 Å². The molecule has 0 aliphatic rings. The number of halogens is 2. The Labute approximate surface area is 154 Å². The highest BCUT2D eigenvalue weighted by Crippen LogP contribution is 2.17. The molecule has 2 aromatic rings. The molecule has 0 unspecified atom stereocenters. The molecule has 6 heteroatoms. The number of carbonyl (C=O) groups excluding carboxylic acids is 1. The normalized spacial score (nSPS) is 9.58. The van der Waals surface area contributed by atoms with Crippen molar-refractivity contribution in [2.75, 3.05) is 19.8 Å². The summed E-state index contributed by atoms with van der Waals surface area (Å²) in [6, 6.07) is 14.3. The van der Waals surface area contributed by atoms with E-state index in [1.807, 2.05) is 24.3 Å². The molecular weight excluding hydrogens is 394 g/mol. The van der Waals surface area contributed by atoms with Crippen LogP contribution in [0.4, 0.5) is 0 Å². The van der Waals surface area contributed by atoms with E-state index in [1.165, 1.54) is 0 Å². The monoisotopic (exact) mass is 407 g/mol. The molecule has 2 aromatic carbocycles. The third-order valence-electron chi connectivity index (χ3n) is 2.79. The minimum absolute atomic E-state index is 0.0716. The Kier molecular flexibility index (Phi) is 7.47. The largest absolute Gasteiger partial charge is 0.484 e. The highest BCUT2D eigenvalue weighted by Gasteiger charge is 2.01. The first-order chi connectivity index (χ1) is 11.6. The molecule has 0 aliphatic carbocycles. The lowest BCUT2D eigenvalue weighted by atomic mass is 10.3. The Morgan fingerprint density at radius 2 is 1.88 bits per heavy atom. The summed E-state index contributed by atoms with van der Waals surface area (Å²) in [4.78, 5) is 11.6. The van der Waals surface area contributed by atoms with Crippen LogP contribution in [0.5, 0.6) is 11.5 Å². The minimum atomic E-state index is -0.243. The maximum absolute atomic E-state index is 11.6. The molecule has 0 aliphatic heterocycles. The molecule has 0 saturated heterocycles. The van der Waals surface area contributed by atoms with Crippen LogP contribution < -0.4 is 14.8 Å². The molecule has 24 heavy (non-hydrogen) atoms. The Morgan fingerprint density at radius 3 is 2.62 bits per heavy atom. The number of hydrogen-bond acceptors (Lipinski definition) is 3. The van der Waals surface area contributed by atoms with Gasteiger partial charge >= 0.3 is 0 Å². The van der Waals surface area contributed by atoms with Crippen molar-refractivity contribution in [3.63, 3.8) is 0 Å². The number of benzene rings is 2. The van der Waals surface area contributed by atoms with Crippen LogP contribution in [0.1, 0.15) is 0 Å². The van der Waals surface area contributed by atoms with Gasteiger partial charge in [0.25, 0.3) is 5.91 Å². The molecule has 0 heterocycles. The maximum atomic E-state index is 11.6. The molecule has 2 rings (SSSR count). The van der Waals surface area contributed by atoms with Crippen LogP contribution >= 0.6 is 27.5 Å². The van der Waals surface area contributed by atoms with Gasteiger partial charge in [-0.15, -0.1) is 0 Å². The van der Waals surface area contributed by atoms with Gasteiger partial charge in [0, 0.05) is 9.50 Å². The highest BCUT2D eigenvalue weighted by molar-refractivity contribution is 9.10. The topological polar surface area (TPSA) is 47.6 Å². The number of carbonyl (C=O) groups is 1. The molecule has 4 nitrogen and oxygen atoms in total. The predicted octanol–water partition coefficient (Wildman–Crippen LogP) is 3.68. The molecular formula is C18H15BrClNO3. The van der Waals surface area contributed by atoms with E-state index in [2.05, 4.69) is 33.1 Å². The highest BCUT2D eigenvalue weighted by atomic mass is 79.9. The second-order valence-electron chi connectivity index (χ2n) is 4.62. The first-order valence-electron chi connectivity index (χ1n) is 7.12. The molecule has 0 atom stereocenters. The summed E-state index contributed by atoms with van der Waals surface area (Å²) < 4.78 is 11.7.